The molecule has 1 amide bonds. The second-order valence-electron chi connectivity index (χ2n) is 4.50. The summed E-state index contributed by atoms with van der Waals surface area (Å²) in [6.07, 6.45) is 2.80. The van der Waals surface area contributed by atoms with Gasteiger partial charge in [0.1, 0.15) is 0 Å². The highest BCUT2D eigenvalue weighted by Gasteiger charge is 2.17. The van der Waals surface area contributed by atoms with Crippen molar-refractivity contribution in [1.82, 2.24) is 5.32 Å². The zero-order valence-electron chi connectivity index (χ0n) is 9.92. The number of amides is 1. The summed E-state index contributed by atoms with van der Waals surface area (Å²) in [6.45, 7) is 2.97. The molecule has 92 valence electrons. The molecule has 3 nitrogen and oxygen atoms in total. The van der Waals surface area contributed by atoms with Gasteiger partial charge >= 0.3 is 0 Å². The van der Waals surface area contributed by atoms with E-state index in [-0.39, 0.29) is 5.91 Å². The number of hydrogen-bond acceptors (Lipinski definition) is 2. The molecule has 1 aliphatic heterocycles. The topological polar surface area (TPSA) is 41.1 Å². The van der Waals surface area contributed by atoms with E-state index in [0.717, 1.165) is 30.6 Å². The third-order valence-corrected chi connectivity index (χ3v) is 3.29. The van der Waals surface area contributed by atoms with Crippen LogP contribution in [0.15, 0.2) is 18.2 Å². The zero-order chi connectivity index (χ0) is 12.3. The fraction of sp³-hybridized carbons (Fsp3) is 0.462. The van der Waals surface area contributed by atoms with E-state index in [1.807, 2.05) is 19.1 Å². The Morgan fingerprint density at radius 1 is 1.59 bits per heavy atom. The number of hydrogen-bond donors (Lipinski definition) is 2. The Labute approximate surface area is 107 Å². The summed E-state index contributed by atoms with van der Waals surface area (Å²) in [6, 6.07) is 5.82. The lowest BCUT2D eigenvalue weighted by atomic mass is 10.1. The smallest absolute Gasteiger partial charge is 0.225 e. The molecule has 1 unspecified atom stereocenters. The van der Waals surface area contributed by atoms with Crippen molar-refractivity contribution >= 4 is 23.2 Å². The maximum Gasteiger partial charge on any atom is 0.225 e. The lowest BCUT2D eigenvalue weighted by molar-refractivity contribution is -0.116. The summed E-state index contributed by atoms with van der Waals surface area (Å²) in [4.78, 5) is 11.8. The number of benzene rings is 1. The first-order valence-electron chi connectivity index (χ1n) is 5.94. The van der Waals surface area contributed by atoms with Crippen LogP contribution in [0.25, 0.3) is 0 Å². The Balaban J connectivity index is 1.93. The van der Waals surface area contributed by atoms with Gasteiger partial charge in [-0.3, -0.25) is 4.79 Å². The minimum absolute atomic E-state index is 0.0647. The fourth-order valence-electron chi connectivity index (χ4n) is 2.12. The Hall–Kier alpha value is -1.06. The Morgan fingerprint density at radius 2 is 2.41 bits per heavy atom. The van der Waals surface area contributed by atoms with Crippen LogP contribution in [0.4, 0.5) is 5.69 Å². The van der Waals surface area contributed by atoms with E-state index in [1.54, 1.807) is 6.07 Å². The van der Waals surface area contributed by atoms with Gasteiger partial charge in [0.2, 0.25) is 5.91 Å². The van der Waals surface area contributed by atoms with Gasteiger partial charge in [0.15, 0.2) is 0 Å². The van der Waals surface area contributed by atoms with Crippen molar-refractivity contribution in [2.45, 2.75) is 32.2 Å². The SMILES string of the molecule is Cc1cc(Cl)ccc1NC(=O)CC1CCCN1. The molecular weight excluding hydrogens is 236 g/mol. The van der Waals surface area contributed by atoms with Crippen molar-refractivity contribution in [2.75, 3.05) is 11.9 Å². The van der Waals surface area contributed by atoms with Crippen LogP contribution < -0.4 is 10.6 Å². The summed E-state index contributed by atoms with van der Waals surface area (Å²) in [5.41, 5.74) is 1.84. The number of anilines is 1. The molecule has 1 aromatic carbocycles. The first-order chi connectivity index (χ1) is 8.15. The minimum Gasteiger partial charge on any atom is -0.326 e. The van der Waals surface area contributed by atoms with Crippen LogP contribution in [0.1, 0.15) is 24.8 Å². The van der Waals surface area contributed by atoms with Gasteiger partial charge in [-0.1, -0.05) is 11.6 Å². The van der Waals surface area contributed by atoms with E-state index in [9.17, 15) is 4.79 Å². The van der Waals surface area contributed by atoms with Gasteiger partial charge in [-0.05, 0) is 50.1 Å². The molecule has 4 heteroatoms. The third kappa shape index (κ3) is 3.45. The van der Waals surface area contributed by atoms with Crippen LogP contribution in [0.5, 0.6) is 0 Å². The van der Waals surface area contributed by atoms with Crippen LogP contribution in [0.2, 0.25) is 5.02 Å². The molecular formula is C13H17ClN2O. The zero-order valence-corrected chi connectivity index (χ0v) is 10.7. The number of carbonyl (C=O) groups excluding carboxylic acids is 1. The van der Waals surface area contributed by atoms with Crippen LogP contribution in [-0.4, -0.2) is 18.5 Å². The van der Waals surface area contributed by atoms with Crippen LogP contribution in [0, 0.1) is 6.92 Å². The van der Waals surface area contributed by atoms with Gasteiger partial charge in [0, 0.05) is 23.2 Å². The highest BCUT2D eigenvalue weighted by atomic mass is 35.5. The molecule has 17 heavy (non-hydrogen) atoms. The largest absolute Gasteiger partial charge is 0.326 e. The number of rotatable bonds is 3. The maximum absolute atomic E-state index is 11.8. The Kier molecular flexibility index (Phi) is 4.02. The first-order valence-corrected chi connectivity index (χ1v) is 6.32. The Bertz CT molecular complexity index is 414. The molecule has 0 radical (unpaired) electrons. The maximum atomic E-state index is 11.8. The van der Waals surface area contributed by atoms with E-state index in [0.29, 0.717) is 17.5 Å². The second kappa shape index (κ2) is 5.52. The number of carbonyl (C=O) groups is 1. The summed E-state index contributed by atoms with van der Waals surface area (Å²) < 4.78 is 0. The van der Waals surface area contributed by atoms with Gasteiger partial charge in [0.05, 0.1) is 0 Å². The summed E-state index contributed by atoms with van der Waals surface area (Å²) >= 11 is 5.87. The van der Waals surface area contributed by atoms with Crippen molar-refractivity contribution in [1.29, 1.82) is 0 Å². The van der Waals surface area contributed by atoms with Crippen LogP contribution >= 0.6 is 11.6 Å². The number of aryl methyl sites for hydroxylation is 1. The lowest BCUT2D eigenvalue weighted by Gasteiger charge is -2.12. The standard InChI is InChI=1S/C13H17ClN2O/c1-9-7-10(14)4-5-12(9)16-13(17)8-11-3-2-6-15-11/h4-5,7,11,15H,2-3,6,8H2,1H3,(H,16,17). The van der Waals surface area contributed by atoms with E-state index in [2.05, 4.69) is 10.6 Å². The highest BCUT2D eigenvalue weighted by Crippen LogP contribution is 2.20. The molecule has 1 heterocycles. The highest BCUT2D eigenvalue weighted by molar-refractivity contribution is 6.30. The van der Waals surface area contributed by atoms with E-state index >= 15 is 0 Å². The van der Waals surface area contributed by atoms with E-state index < -0.39 is 0 Å². The molecule has 1 atom stereocenters. The third-order valence-electron chi connectivity index (χ3n) is 3.06. The first kappa shape index (κ1) is 12.4. The predicted molar refractivity (Wildman–Crippen MR) is 70.5 cm³/mol. The quantitative estimate of drug-likeness (QED) is 0.869. The molecule has 0 bridgehead atoms. The van der Waals surface area contributed by atoms with Gasteiger partial charge in [-0.2, -0.15) is 0 Å². The number of nitrogens with one attached hydrogen (secondary N) is 2. The molecule has 0 aromatic heterocycles. The molecule has 2 N–H and O–H groups in total. The average Bonchev–Trinajstić information content (AvgIpc) is 2.75. The molecule has 1 aliphatic rings. The lowest BCUT2D eigenvalue weighted by Crippen LogP contribution is -2.27. The van der Waals surface area contributed by atoms with Crippen molar-refractivity contribution < 1.29 is 4.79 Å². The molecule has 2 rings (SSSR count). The van der Waals surface area contributed by atoms with Gasteiger partial charge in [-0.15, -0.1) is 0 Å². The van der Waals surface area contributed by atoms with Gasteiger partial charge in [-0.25, -0.2) is 0 Å². The Morgan fingerprint density at radius 3 is 3.06 bits per heavy atom. The van der Waals surface area contributed by atoms with Gasteiger partial charge < -0.3 is 10.6 Å². The molecule has 1 saturated heterocycles. The monoisotopic (exact) mass is 252 g/mol. The fourth-order valence-corrected chi connectivity index (χ4v) is 2.35. The number of halogens is 1. The minimum atomic E-state index is 0.0647. The molecule has 1 aromatic rings. The normalized spacial score (nSPS) is 19.3. The molecule has 0 spiro atoms. The summed E-state index contributed by atoms with van der Waals surface area (Å²) in [5, 5.41) is 6.93. The predicted octanol–water partition coefficient (Wildman–Crippen LogP) is 2.73. The van der Waals surface area contributed by atoms with Gasteiger partial charge in [0.25, 0.3) is 0 Å². The average molecular weight is 253 g/mol. The van der Waals surface area contributed by atoms with Crippen LogP contribution in [-0.2, 0) is 4.79 Å². The van der Waals surface area contributed by atoms with Crippen molar-refractivity contribution in [3.05, 3.63) is 28.8 Å². The summed E-state index contributed by atoms with van der Waals surface area (Å²) in [5.74, 6) is 0.0647. The molecule has 0 aliphatic carbocycles. The van der Waals surface area contributed by atoms with Crippen LogP contribution in [0.3, 0.4) is 0 Å². The van der Waals surface area contributed by atoms with E-state index in [4.69, 9.17) is 11.6 Å². The van der Waals surface area contributed by atoms with Crippen molar-refractivity contribution in [3.63, 3.8) is 0 Å². The van der Waals surface area contributed by atoms with Crippen molar-refractivity contribution in [3.8, 4) is 0 Å². The van der Waals surface area contributed by atoms with E-state index in [1.165, 1.54) is 0 Å². The molecule has 1 fully saturated rings. The molecule has 0 saturated carbocycles. The second-order valence-corrected chi connectivity index (χ2v) is 4.94. The van der Waals surface area contributed by atoms with Crippen molar-refractivity contribution in [2.24, 2.45) is 0 Å². The summed E-state index contributed by atoms with van der Waals surface area (Å²) in [7, 11) is 0.